The van der Waals surface area contributed by atoms with Gasteiger partial charge in [0, 0.05) is 11.9 Å². The molecule has 0 fully saturated rings. The number of rotatable bonds is 7. The molecule has 0 spiro atoms. The van der Waals surface area contributed by atoms with Gasteiger partial charge in [0.15, 0.2) is 0 Å². The zero-order valence-electron chi connectivity index (χ0n) is 12.5. The molecule has 0 heterocycles. The van der Waals surface area contributed by atoms with Crippen LogP contribution < -0.4 is 4.74 Å². The van der Waals surface area contributed by atoms with Crippen LogP contribution in [-0.4, -0.2) is 20.8 Å². The smallest absolute Gasteiger partial charge is 0.119 e. The quantitative estimate of drug-likeness (QED) is 0.682. The van der Waals surface area contributed by atoms with Gasteiger partial charge in [-0.3, -0.25) is 0 Å². The molecule has 0 saturated carbocycles. The SMILES string of the molecule is COCCc1ccc(C(Br)Cc2cccc(OC)c2)cc1. The molecule has 0 saturated heterocycles. The van der Waals surface area contributed by atoms with E-state index in [1.165, 1.54) is 16.7 Å². The minimum atomic E-state index is 0.307. The van der Waals surface area contributed by atoms with Gasteiger partial charge in [-0.1, -0.05) is 52.3 Å². The Bertz CT molecular complexity index is 551. The zero-order chi connectivity index (χ0) is 15.1. The van der Waals surface area contributed by atoms with E-state index in [1.807, 2.05) is 12.1 Å². The van der Waals surface area contributed by atoms with Gasteiger partial charge >= 0.3 is 0 Å². The number of methoxy groups -OCH3 is 2. The molecule has 0 aliphatic rings. The molecule has 1 unspecified atom stereocenters. The first-order valence-corrected chi connectivity index (χ1v) is 7.99. The van der Waals surface area contributed by atoms with Crippen LogP contribution in [0.2, 0.25) is 0 Å². The lowest BCUT2D eigenvalue weighted by molar-refractivity contribution is 0.202. The summed E-state index contributed by atoms with van der Waals surface area (Å²) in [5.41, 5.74) is 3.86. The second kappa shape index (κ2) is 8.20. The maximum atomic E-state index is 5.27. The Morgan fingerprint density at radius 2 is 1.76 bits per heavy atom. The van der Waals surface area contributed by atoms with E-state index < -0.39 is 0 Å². The predicted molar refractivity (Wildman–Crippen MR) is 90.4 cm³/mol. The molecule has 3 heteroatoms. The van der Waals surface area contributed by atoms with Crippen molar-refractivity contribution in [2.45, 2.75) is 17.7 Å². The average molecular weight is 349 g/mol. The summed E-state index contributed by atoms with van der Waals surface area (Å²) in [6, 6.07) is 16.9. The van der Waals surface area contributed by atoms with E-state index in [9.17, 15) is 0 Å². The van der Waals surface area contributed by atoms with Crippen molar-refractivity contribution in [3.05, 3.63) is 65.2 Å². The lowest BCUT2D eigenvalue weighted by Gasteiger charge is -2.12. The lowest BCUT2D eigenvalue weighted by atomic mass is 10.0. The molecule has 2 aromatic rings. The highest BCUT2D eigenvalue weighted by atomic mass is 79.9. The van der Waals surface area contributed by atoms with Gasteiger partial charge in [-0.25, -0.2) is 0 Å². The second-order valence-electron chi connectivity index (χ2n) is 5.01. The van der Waals surface area contributed by atoms with Crippen molar-refractivity contribution in [2.75, 3.05) is 20.8 Å². The van der Waals surface area contributed by atoms with Crippen molar-refractivity contribution in [1.29, 1.82) is 0 Å². The Labute approximate surface area is 135 Å². The molecule has 0 bridgehead atoms. The first kappa shape index (κ1) is 16.1. The molecule has 2 rings (SSSR count). The van der Waals surface area contributed by atoms with Crippen molar-refractivity contribution in [3.63, 3.8) is 0 Å². The van der Waals surface area contributed by atoms with E-state index in [0.717, 1.165) is 25.2 Å². The van der Waals surface area contributed by atoms with E-state index in [4.69, 9.17) is 9.47 Å². The Morgan fingerprint density at radius 3 is 2.43 bits per heavy atom. The number of alkyl halides is 1. The fourth-order valence-electron chi connectivity index (χ4n) is 2.24. The van der Waals surface area contributed by atoms with Gasteiger partial charge in [0.2, 0.25) is 0 Å². The van der Waals surface area contributed by atoms with Crippen LogP contribution in [0.15, 0.2) is 48.5 Å². The van der Waals surface area contributed by atoms with Crippen LogP contribution in [0.4, 0.5) is 0 Å². The van der Waals surface area contributed by atoms with Crippen LogP contribution in [0.5, 0.6) is 5.75 Å². The van der Waals surface area contributed by atoms with Gasteiger partial charge in [-0.05, 0) is 41.7 Å². The summed E-state index contributed by atoms with van der Waals surface area (Å²) >= 11 is 3.78. The van der Waals surface area contributed by atoms with Gasteiger partial charge in [-0.15, -0.1) is 0 Å². The van der Waals surface area contributed by atoms with Crippen LogP contribution in [0.1, 0.15) is 21.5 Å². The van der Waals surface area contributed by atoms with Gasteiger partial charge in [0.05, 0.1) is 13.7 Å². The normalized spacial score (nSPS) is 12.1. The van der Waals surface area contributed by atoms with E-state index in [1.54, 1.807) is 14.2 Å². The van der Waals surface area contributed by atoms with Crippen LogP contribution in [0.3, 0.4) is 0 Å². The number of hydrogen-bond acceptors (Lipinski definition) is 2. The molecule has 0 aliphatic heterocycles. The highest BCUT2D eigenvalue weighted by molar-refractivity contribution is 9.09. The number of benzene rings is 2. The van der Waals surface area contributed by atoms with Crippen molar-refractivity contribution >= 4 is 15.9 Å². The Morgan fingerprint density at radius 1 is 1.00 bits per heavy atom. The fraction of sp³-hybridized carbons (Fsp3) is 0.333. The van der Waals surface area contributed by atoms with Crippen LogP contribution in [-0.2, 0) is 17.6 Å². The lowest BCUT2D eigenvalue weighted by Crippen LogP contribution is -1.98. The maximum Gasteiger partial charge on any atom is 0.119 e. The van der Waals surface area contributed by atoms with Crippen LogP contribution >= 0.6 is 15.9 Å². The fourth-order valence-corrected chi connectivity index (χ4v) is 2.92. The van der Waals surface area contributed by atoms with Crippen molar-refractivity contribution in [3.8, 4) is 5.75 Å². The summed E-state index contributed by atoms with van der Waals surface area (Å²) in [5.74, 6) is 0.905. The summed E-state index contributed by atoms with van der Waals surface area (Å²) in [6.45, 7) is 0.765. The summed E-state index contributed by atoms with van der Waals surface area (Å²) in [6.07, 6.45) is 1.90. The third kappa shape index (κ3) is 4.87. The summed E-state index contributed by atoms with van der Waals surface area (Å²) in [7, 11) is 3.43. The molecule has 0 N–H and O–H groups in total. The maximum absolute atomic E-state index is 5.27. The third-order valence-corrected chi connectivity index (χ3v) is 4.34. The average Bonchev–Trinajstić information content (AvgIpc) is 2.53. The van der Waals surface area contributed by atoms with Gasteiger partial charge in [0.25, 0.3) is 0 Å². The molecule has 1 atom stereocenters. The van der Waals surface area contributed by atoms with Crippen molar-refractivity contribution in [1.82, 2.24) is 0 Å². The summed E-state index contributed by atoms with van der Waals surface area (Å²) in [4.78, 5) is 0.307. The van der Waals surface area contributed by atoms with Crippen molar-refractivity contribution in [2.24, 2.45) is 0 Å². The molecule has 2 aromatic carbocycles. The highest BCUT2D eigenvalue weighted by Crippen LogP contribution is 2.28. The first-order chi connectivity index (χ1) is 10.2. The Hall–Kier alpha value is -1.32. The summed E-state index contributed by atoms with van der Waals surface area (Å²) < 4.78 is 10.4. The molecular formula is C18H21BrO2. The highest BCUT2D eigenvalue weighted by Gasteiger charge is 2.09. The third-order valence-electron chi connectivity index (χ3n) is 3.49. The van der Waals surface area contributed by atoms with Gasteiger partial charge < -0.3 is 9.47 Å². The standard InChI is InChI=1S/C18H21BrO2/c1-20-11-10-14-6-8-16(9-7-14)18(19)13-15-4-3-5-17(12-15)21-2/h3-9,12,18H,10-11,13H2,1-2H3. The van der Waals surface area contributed by atoms with Gasteiger partial charge in [-0.2, -0.15) is 0 Å². The summed E-state index contributed by atoms with van der Waals surface area (Å²) in [5, 5.41) is 0. The number of ether oxygens (including phenoxy) is 2. The topological polar surface area (TPSA) is 18.5 Å². The number of halogens is 1. The van der Waals surface area contributed by atoms with E-state index in [0.29, 0.717) is 4.83 Å². The minimum Gasteiger partial charge on any atom is -0.497 e. The van der Waals surface area contributed by atoms with E-state index >= 15 is 0 Å². The molecule has 2 nitrogen and oxygen atoms in total. The molecule has 112 valence electrons. The first-order valence-electron chi connectivity index (χ1n) is 7.07. The van der Waals surface area contributed by atoms with Crippen LogP contribution in [0.25, 0.3) is 0 Å². The number of hydrogen-bond donors (Lipinski definition) is 0. The molecule has 0 amide bonds. The monoisotopic (exact) mass is 348 g/mol. The Balaban J connectivity index is 2.00. The molecule has 0 radical (unpaired) electrons. The molecule has 0 aromatic heterocycles. The van der Waals surface area contributed by atoms with E-state index in [2.05, 4.69) is 52.3 Å². The zero-order valence-corrected chi connectivity index (χ0v) is 14.1. The second-order valence-corrected chi connectivity index (χ2v) is 6.11. The minimum absolute atomic E-state index is 0.307. The Kier molecular flexibility index (Phi) is 6.27. The van der Waals surface area contributed by atoms with Crippen molar-refractivity contribution < 1.29 is 9.47 Å². The molecule has 0 aliphatic carbocycles. The largest absolute Gasteiger partial charge is 0.497 e. The molecule has 21 heavy (non-hydrogen) atoms. The van der Waals surface area contributed by atoms with Crippen LogP contribution in [0, 0.1) is 0 Å². The van der Waals surface area contributed by atoms with Gasteiger partial charge in [0.1, 0.15) is 5.75 Å². The molecular weight excluding hydrogens is 328 g/mol. The van der Waals surface area contributed by atoms with E-state index in [-0.39, 0.29) is 0 Å². The predicted octanol–water partition coefficient (Wildman–Crippen LogP) is 4.56.